The lowest BCUT2D eigenvalue weighted by Crippen LogP contribution is -2.30. The van der Waals surface area contributed by atoms with Crippen LogP contribution in [0.25, 0.3) is 11.1 Å². The fourth-order valence-electron chi connectivity index (χ4n) is 3.83. The first-order valence-electron chi connectivity index (χ1n) is 11.6. The standard InChI is InChI=1S/C25H21F3N6O3S/c1-33-9-10-34(24(33)36)20-12-16(17-11-15(25(26,27)28)6-7-19(17)37-2)18(13-29-20)22(35)30-23-32-31-21(38-23)8-5-14-3-4-14/h6-7,11-14H,3-4,9-10H2,1-2H3,(H,30,32,35). The number of carbonyl (C=O) groups is 2. The smallest absolute Gasteiger partial charge is 0.416 e. The molecule has 1 saturated carbocycles. The summed E-state index contributed by atoms with van der Waals surface area (Å²) in [6, 6.07) is 4.09. The van der Waals surface area contributed by atoms with Crippen LogP contribution in [0.5, 0.6) is 5.75 Å². The van der Waals surface area contributed by atoms with Crippen molar-refractivity contribution in [1.82, 2.24) is 20.1 Å². The summed E-state index contributed by atoms with van der Waals surface area (Å²) in [4.78, 5) is 33.0. The van der Waals surface area contributed by atoms with E-state index in [1.165, 1.54) is 35.2 Å². The molecule has 2 aromatic heterocycles. The lowest BCUT2D eigenvalue weighted by molar-refractivity contribution is -0.137. The van der Waals surface area contributed by atoms with E-state index in [0.717, 1.165) is 36.3 Å². The third kappa shape index (κ3) is 5.26. The van der Waals surface area contributed by atoms with Crippen molar-refractivity contribution in [3.63, 3.8) is 0 Å². The molecule has 0 radical (unpaired) electrons. The number of amides is 3. The van der Waals surface area contributed by atoms with Crippen LogP contribution in [0.3, 0.4) is 0 Å². The van der Waals surface area contributed by atoms with E-state index >= 15 is 0 Å². The molecule has 5 rings (SSSR count). The van der Waals surface area contributed by atoms with Gasteiger partial charge in [0.25, 0.3) is 5.91 Å². The predicted molar refractivity (Wildman–Crippen MR) is 134 cm³/mol. The number of likely N-dealkylation sites (N-methyl/N-ethyl adjacent to an activating group) is 1. The summed E-state index contributed by atoms with van der Waals surface area (Å²) in [7, 11) is 2.95. The maximum absolute atomic E-state index is 13.6. The number of pyridine rings is 1. The number of rotatable bonds is 5. The SMILES string of the molecule is COc1ccc(C(F)(F)F)cc1-c1cc(N2CCN(C)C2=O)ncc1C(=O)Nc1nnc(C#CC2CC2)s1. The molecule has 1 aliphatic carbocycles. The molecule has 2 fully saturated rings. The molecule has 9 nitrogen and oxygen atoms in total. The van der Waals surface area contributed by atoms with Gasteiger partial charge in [-0.3, -0.25) is 15.0 Å². The van der Waals surface area contributed by atoms with E-state index in [9.17, 15) is 22.8 Å². The van der Waals surface area contributed by atoms with Crippen molar-refractivity contribution in [1.29, 1.82) is 0 Å². The number of halogens is 3. The maximum atomic E-state index is 13.6. The van der Waals surface area contributed by atoms with E-state index in [2.05, 4.69) is 32.3 Å². The van der Waals surface area contributed by atoms with Gasteiger partial charge in [-0.05, 0) is 43.0 Å². The van der Waals surface area contributed by atoms with Crippen LogP contribution in [0.2, 0.25) is 0 Å². The van der Waals surface area contributed by atoms with Gasteiger partial charge in [-0.15, -0.1) is 10.2 Å². The van der Waals surface area contributed by atoms with Gasteiger partial charge in [0, 0.05) is 43.4 Å². The summed E-state index contributed by atoms with van der Waals surface area (Å²) >= 11 is 1.08. The molecule has 2 aliphatic rings. The van der Waals surface area contributed by atoms with Gasteiger partial charge < -0.3 is 9.64 Å². The molecule has 3 heterocycles. The Morgan fingerprint density at radius 3 is 2.63 bits per heavy atom. The molecule has 1 aromatic carbocycles. The largest absolute Gasteiger partial charge is 0.496 e. The van der Waals surface area contributed by atoms with E-state index in [4.69, 9.17) is 4.74 Å². The van der Waals surface area contributed by atoms with Gasteiger partial charge in [0.05, 0.1) is 18.2 Å². The van der Waals surface area contributed by atoms with Crippen molar-refractivity contribution in [2.45, 2.75) is 19.0 Å². The maximum Gasteiger partial charge on any atom is 0.416 e. The van der Waals surface area contributed by atoms with Gasteiger partial charge in [-0.2, -0.15) is 13.2 Å². The number of nitrogens with one attached hydrogen (secondary N) is 1. The molecule has 13 heteroatoms. The average molecular weight is 543 g/mol. The van der Waals surface area contributed by atoms with E-state index in [1.54, 1.807) is 7.05 Å². The average Bonchev–Trinajstić information content (AvgIpc) is 3.53. The number of aromatic nitrogens is 3. The van der Waals surface area contributed by atoms with Crippen molar-refractivity contribution in [3.8, 4) is 28.7 Å². The summed E-state index contributed by atoms with van der Waals surface area (Å²) in [6.07, 6.45) is -1.30. The molecule has 38 heavy (non-hydrogen) atoms. The Labute approximate surface area is 219 Å². The van der Waals surface area contributed by atoms with Gasteiger partial charge in [0.15, 0.2) is 5.01 Å². The number of ether oxygens (including phenoxy) is 1. The predicted octanol–water partition coefficient (Wildman–Crippen LogP) is 4.51. The Morgan fingerprint density at radius 2 is 1.97 bits per heavy atom. The summed E-state index contributed by atoms with van der Waals surface area (Å²) < 4.78 is 46.1. The third-order valence-corrected chi connectivity index (χ3v) is 6.80. The van der Waals surface area contributed by atoms with Crippen molar-refractivity contribution in [3.05, 3.63) is 46.6 Å². The molecule has 1 saturated heterocycles. The van der Waals surface area contributed by atoms with Gasteiger partial charge in [-0.1, -0.05) is 17.3 Å². The lowest BCUT2D eigenvalue weighted by atomic mass is 9.97. The summed E-state index contributed by atoms with van der Waals surface area (Å²) in [6.45, 7) is 0.788. The molecule has 0 spiro atoms. The normalized spacial score (nSPS) is 15.3. The zero-order valence-corrected chi connectivity index (χ0v) is 21.1. The second-order valence-corrected chi connectivity index (χ2v) is 9.74. The third-order valence-electron chi connectivity index (χ3n) is 6.05. The van der Waals surface area contributed by atoms with Crippen LogP contribution in [-0.2, 0) is 6.18 Å². The van der Waals surface area contributed by atoms with Gasteiger partial charge >= 0.3 is 12.2 Å². The van der Waals surface area contributed by atoms with Gasteiger partial charge in [0.2, 0.25) is 5.13 Å². The number of hydrogen-bond acceptors (Lipinski definition) is 7. The van der Waals surface area contributed by atoms with Crippen molar-refractivity contribution >= 4 is 34.2 Å². The van der Waals surface area contributed by atoms with Crippen LogP contribution in [0.1, 0.15) is 33.8 Å². The van der Waals surface area contributed by atoms with E-state index < -0.39 is 17.6 Å². The summed E-state index contributed by atoms with van der Waals surface area (Å²) in [5.74, 6) is 6.00. The Bertz CT molecular complexity index is 1470. The molecule has 1 aliphatic heterocycles. The highest BCUT2D eigenvalue weighted by molar-refractivity contribution is 7.15. The van der Waals surface area contributed by atoms with Gasteiger partial charge in [0.1, 0.15) is 11.6 Å². The number of methoxy groups -OCH3 is 1. The zero-order chi connectivity index (χ0) is 27.0. The second-order valence-electron chi connectivity index (χ2n) is 8.77. The number of hydrogen-bond donors (Lipinski definition) is 1. The number of nitrogens with zero attached hydrogens (tertiary/aromatic N) is 5. The highest BCUT2D eigenvalue weighted by Crippen LogP contribution is 2.39. The minimum Gasteiger partial charge on any atom is -0.496 e. The van der Waals surface area contributed by atoms with E-state index in [1.807, 2.05) is 0 Å². The summed E-state index contributed by atoms with van der Waals surface area (Å²) in [5, 5.41) is 11.2. The molecule has 1 N–H and O–H groups in total. The Hall–Kier alpha value is -4.18. The Kier molecular flexibility index (Phi) is 6.66. The number of anilines is 2. The molecule has 0 bridgehead atoms. The first kappa shape index (κ1) is 25.5. The second kappa shape index (κ2) is 9.94. The monoisotopic (exact) mass is 542 g/mol. The van der Waals surface area contributed by atoms with Crippen LogP contribution < -0.4 is 15.0 Å². The van der Waals surface area contributed by atoms with E-state index in [0.29, 0.717) is 24.0 Å². The van der Waals surface area contributed by atoms with Crippen molar-refractivity contribution in [2.24, 2.45) is 5.92 Å². The topological polar surface area (TPSA) is 101 Å². The molecule has 3 aromatic rings. The van der Waals surface area contributed by atoms with Crippen molar-refractivity contribution < 1.29 is 27.5 Å². The minimum atomic E-state index is -4.63. The van der Waals surface area contributed by atoms with Crippen LogP contribution in [0.15, 0.2) is 30.5 Å². The first-order chi connectivity index (χ1) is 18.1. The van der Waals surface area contributed by atoms with E-state index in [-0.39, 0.29) is 39.4 Å². The quantitative estimate of drug-likeness (QED) is 0.476. The van der Waals surface area contributed by atoms with Gasteiger partial charge in [-0.25, -0.2) is 9.78 Å². The Morgan fingerprint density at radius 1 is 1.18 bits per heavy atom. The zero-order valence-electron chi connectivity index (χ0n) is 20.3. The highest BCUT2D eigenvalue weighted by Gasteiger charge is 2.33. The Balaban J connectivity index is 1.55. The van der Waals surface area contributed by atoms with Crippen LogP contribution in [-0.4, -0.2) is 59.3 Å². The molecule has 0 unspecified atom stereocenters. The summed E-state index contributed by atoms with van der Waals surface area (Å²) in [5.41, 5.74) is -0.828. The molecule has 3 amide bonds. The number of carbonyl (C=O) groups excluding carboxylic acids is 2. The van der Waals surface area contributed by atoms with Crippen molar-refractivity contribution in [2.75, 3.05) is 37.5 Å². The number of urea groups is 1. The van der Waals surface area contributed by atoms with Crippen LogP contribution in [0.4, 0.5) is 28.9 Å². The number of benzene rings is 1. The van der Waals surface area contributed by atoms with Crippen LogP contribution >= 0.6 is 11.3 Å². The molecule has 196 valence electrons. The molecule has 0 atom stereocenters. The number of alkyl halides is 3. The van der Waals surface area contributed by atoms with Crippen LogP contribution in [0, 0.1) is 17.8 Å². The molecular weight excluding hydrogens is 521 g/mol. The minimum absolute atomic E-state index is 0.0179. The first-order valence-corrected chi connectivity index (χ1v) is 12.4. The highest BCUT2D eigenvalue weighted by atomic mass is 32.1. The lowest BCUT2D eigenvalue weighted by Gasteiger charge is -2.19. The fraction of sp³-hybridized carbons (Fsp3) is 0.320. The molecular formula is C25H21F3N6O3S. The fourth-order valence-corrected chi connectivity index (χ4v) is 4.43.